The first kappa shape index (κ1) is 16.7. The summed E-state index contributed by atoms with van der Waals surface area (Å²) in [5.74, 6) is 1.13. The van der Waals surface area contributed by atoms with Gasteiger partial charge in [-0.05, 0) is 42.0 Å². The van der Waals surface area contributed by atoms with Crippen LogP contribution in [0.3, 0.4) is 0 Å². The van der Waals surface area contributed by atoms with E-state index in [0.717, 1.165) is 49.3 Å². The van der Waals surface area contributed by atoms with Crippen molar-refractivity contribution in [2.24, 2.45) is 16.6 Å². The Kier molecular flexibility index (Phi) is 4.62. The smallest absolute Gasteiger partial charge is 0.254 e. The Bertz CT molecular complexity index is 859. The van der Waals surface area contributed by atoms with Crippen molar-refractivity contribution < 1.29 is 9.53 Å². The normalized spacial score (nSPS) is 16.5. The van der Waals surface area contributed by atoms with E-state index < -0.39 is 5.91 Å². The second kappa shape index (κ2) is 7.21. The number of carbonyl (C=O) groups is 1. The minimum absolute atomic E-state index is 0.289. The quantitative estimate of drug-likeness (QED) is 0.860. The molecule has 7 nitrogen and oxygen atoms in total. The first-order valence-corrected chi connectivity index (χ1v) is 8.82. The number of primary amides is 1. The van der Waals surface area contributed by atoms with Gasteiger partial charge in [-0.15, -0.1) is 0 Å². The van der Waals surface area contributed by atoms with Gasteiger partial charge in [0, 0.05) is 37.7 Å². The molecule has 1 aromatic carbocycles. The molecule has 0 aliphatic carbocycles. The Hall–Kier alpha value is -2.80. The summed E-state index contributed by atoms with van der Waals surface area (Å²) >= 11 is 0. The predicted octanol–water partition coefficient (Wildman–Crippen LogP) is 2.22. The number of fused-ring (bicyclic) bond motifs is 1. The number of amides is 1. The molecule has 2 aliphatic rings. The average Bonchev–Trinajstić information content (AvgIpc) is 3.10. The molecule has 1 fully saturated rings. The van der Waals surface area contributed by atoms with Gasteiger partial charge in [0.25, 0.3) is 5.91 Å². The fraction of sp³-hybridized carbons (Fsp3) is 0.368. The van der Waals surface area contributed by atoms with E-state index in [2.05, 4.69) is 20.3 Å². The average molecular weight is 351 g/mol. The molecule has 1 saturated heterocycles. The van der Waals surface area contributed by atoms with Gasteiger partial charge < -0.3 is 15.8 Å². The number of anilines is 2. The van der Waals surface area contributed by atoms with Crippen molar-refractivity contribution in [2.75, 3.05) is 18.5 Å². The van der Waals surface area contributed by atoms with Crippen molar-refractivity contribution in [1.29, 1.82) is 0 Å². The second-order valence-corrected chi connectivity index (χ2v) is 6.68. The third-order valence-electron chi connectivity index (χ3n) is 4.81. The molecule has 3 heterocycles. The molecule has 134 valence electrons. The highest BCUT2D eigenvalue weighted by atomic mass is 16.5. The molecule has 0 atom stereocenters. The van der Waals surface area contributed by atoms with Crippen molar-refractivity contribution in [3.8, 4) is 0 Å². The first-order valence-electron chi connectivity index (χ1n) is 8.82. The fourth-order valence-electron chi connectivity index (χ4n) is 3.33. The summed E-state index contributed by atoms with van der Waals surface area (Å²) in [5, 5.41) is 3.23. The standard InChI is InChI=1S/C19H21N5O2/c20-18(25)16-11-22-17(7-12-3-5-26-6-4-12)24-19(16)23-15-2-1-13-9-21-10-14(13)8-15/h1-2,8-9,11-12H,3-7,10H2,(H2,20,25)(H,22,23,24). The summed E-state index contributed by atoms with van der Waals surface area (Å²) in [6, 6.07) is 5.97. The Morgan fingerprint density at radius 2 is 2.15 bits per heavy atom. The van der Waals surface area contributed by atoms with Gasteiger partial charge in [0.05, 0.1) is 6.54 Å². The monoisotopic (exact) mass is 351 g/mol. The van der Waals surface area contributed by atoms with Gasteiger partial charge in [-0.2, -0.15) is 0 Å². The number of ether oxygens (including phenoxy) is 1. The number of hydrogen-bond donors (Lipinski definition) is 2. The van der Waals surface area contributed by atoms with E-state index >= 15 is 0 Å². The Morgan fingerprint density at radius 3 is 2.96 bits per heavy atom. The van der Waals surface area contributed by atoms with E-state index in [4.69, 9.17) is 10.5 Å². The van der Waals surface area contributed by atoms with Crippen LogP contribution >= 0.6 is 0 Å². The summed E-state index contributed by atoms with van der Waals surface area (Å²) in [4.78, 5) is 25.0. The van der Waals surface area contributed by atoms with Crippen LogP contribution in [0.5, 0.6) is 0 Å². The lowest BCUT2D eigenvalue weighted by Gasteiger charge is -2.21. The van der Waals surface area contributed by atoms with E-state index in [0.29, 0.717) is 24.1 Å². The molecule has 0 bridgehead atoms. The predicted molar refractivity (Wildman–Crippen MR) is 98.8 cm³/mol. The minimum atomic E-state index is -0.547. The van der Waals surface area contributed by atoms with Crippen molar-refractivity contribution in [2.45, 2.75) is 25.8 Å². The second-order valence-electron chi connectivity index (χ2n) is 6.68. The van der Waals surface area contributed by atoms with E-state index in [1.165, 1.54) is 6.20 Å². The van der Waals surface area contributed by atoms with E-state index in [9.17, 15) is 4.79 Å². The molecule has 26 heavy (non-hydrogen) atoms. The van der Waals surface area contributed by atoms with Gasteiger partial charge in [0.2, 0.25) is 0 Å². The fourth-order valence-corrected chi connectivity index (χ4v) is 3.33. The molecule has 2 aliphatic heterocycles. The lowest BCUT2D eigenvalue weighted by atomic mass is 9.96. The Morgan fingerprint density at radius 1 is 1.31 bits per heavy atom. The number of rotatable bonds is 5. The summed E-state index contributed by atoms with van der Waals surface area (Å²) in [6.07, 6.45) is 6.17. The van der Waals surface area contributed by atoms with Gasteiger partial charge in [0.1, 0.15) is 17.2 Å². The van der Waals surface area contributed by atoms with Crippen molar-refractivity contribution in [1.82, 2.24) is 9.97 Å². The SMILES string of the molecule is NC(=O)c1cnc(CC2CCOCC2)nc1Nc1ccc2c(c1)CN=C2. The van der Waals surface area contributed by atoms with Crippen LogP contribution in [0.2, 0.25) is 0 Å². The molecule has 1 aromatic heterocycles. The van der Waals surface area contributed by atoms with Crippen LogP contribution in [0.15, 0.2) is 29.4 Å². The number of hydrogen-bond acceptors (Lipinski definition) is 6. The molecule has 0 saturated carbocycles. The van der Waals surface area contributed by atoms with Crippen molar-refractivity contribution >= 4 is 23.6 Å². The summed E-state index contributed by atoms with van der Waals surface area (Å²) in [5.41, 5.74) is 8.91. The third-order valence-corrected chi connectivity index (χ3v) is 4.81. The van der Waals surface area contributed by atoms with Crippen LogP contribution in [0.25, 0.3) is 0 Å². The van der Waals surface area contributed by atoms with Gasteiger partial charge >= 0.3 is 0 Å². The first-order chi connectivity index (χ1) is 12.7. The van der Waals surface area contributed by atoms with Gasteiger partial charge in [-0.3, -0.25) is 9.79 Å². The lowest BCUT2D eigenvalue weighted by molar-refractivity contribution is 0.0660. The highest BCUT2D eigenvalue weighted by molar-refractivity contribution is 5.98. The largest absolute Gasteiger partial charge is 0.381 e. The maximum Gasteiger partial charge on any atom is 0.254 e. The molecule has 0 radical (unpaired) electrons. The van der Waals surface area contributed by atoms with Gasteiger partial charge in [-0.25, -0.2) is 9.97 Å². The summed E-state index contributed by atoms with van der Waals surface area (Å²) in [7, 11) is 0. The molecule has 4 rings (SSSR count). The van der Waals surface area contributed by atoms with Crippen LogP contribution in [-0.4, -0.2) is 35.3 Å². The molecule has 7 heteroatoms. The number of nitrogens with two attached hydrogens (primary N) is 1. The zero-order valence-electron chi connectivity index (χ0n) is 14.4. The van der Waals surface area contributed by atoms with Crippen LogP contribution < -0.4 is 11.1 Å². The summed E-state index contributed by atoms with van der Waals surface area (Å²) < 4.78 is 5.40. The maximum absolute atomic E-state index is 11.8. The van der Waals surface area contributed by atoms with E-state index in [-0.39, 0.29) is 5.56 Å². The number of nitrogens with zero attached hydrogens (tertiary/aromatic N) is 3. The lowest BCUT2D eigenvalue weighted by Crippen LogP contribution is -2.20. The number of aromatic nitrogens is 2. The van der Waals surface area contributed by atoms with E-state index in [1.807, 2.05) is 24.4 Å². The topological polar surface area (TPSA) is 102 Å². The zero-order chi connectivity index (χ0) is 17.9. The Balaban J connectivity index is 1.58. The van der Waals surface area contributed by atoms with Crippen LogP contribution in [-0.2, 0) is 17.7 Å². The number of aliphatic imine (C=N–C) groups is 1. The maximum atomic E-state index is 11.8. The van der Waals surface area contributed by atoms with Crippen LogP contribution in [0.4, 0.5) is 11.5 Å². The molecular formula is C19H21N5O2. The van der Waals surface area contributed by atoms with Crippen LogP contribution in [0.1, 0.15) is 40.2 Å². The van der Waals surface area contributed by atoms with Crippen molar-refractivity contribution in [3.63, 3.8) is 0 Å². The molecule has 0 unspecified atom stereocenters. The minimum Gasteiger partial charge on any atom is -0.381 e. The van der Waals surface area contributed by atoms with Crippen LogP contribution in [0, 0.1) is 5.92 Å². The number of benzene rings is 1. The molecule has 2 aromatic rings. The molecular weight excluding hydrogens is 330 g/mol. The third kappa shape index (κ3) is 3.57. The molecule has 0 spiro atoms. The number of carbonyl (C=O) groups excluding carboxylic acids is 1. The van der Waals surface area contributed by atoms with Gasteiger partial charge in [-0.1, -0.05) is 6.07 Å². The van der Waals surface area contributed by atoms with Crippen molar-refractivity contribution in [3.05, 3.63) is 46.9 Å². The highest BCUT2D eigenvalue weighted by Gasteiger charge is 2.18. The molecule has 3 N–H and O–H groups in total. The van der Waals surface area contributed by atoms with E-state index in [1.54, 1.807) is 0 Å². The molecule has 1 amide bonds. The highest BCUT2D eigenvalue weighted by Crippen LogP contribution is 2.25. The zero-order valence-corrected chi connectivity index (χ0v) is 14.4. The number of nitrogens with one attached hydrogen (secondary N) is 1. The summed E-state index contributed by atoms with van der Waals surface area (Å²) in [6.45, 7) is 2.24. The van der Waals surface area contributed by atoms with Gasteiger partial charge in [0.15, 0.2) is 0 Å². The Labute approximate surface area is 151 Å².